The van der Waals surface area contributed by atoms with Crippen molar-refractivity contribution in [1.82, 2.24) is 5.32 Å². The van der Waals surface area contributed by atoms with Gasteiger partial charge in [-0.2, -0.15) is 0 Å². The van der Waals surface area contributed by atoms with Gasteiger partial charge in [-0.1, -0.05) is 26.0 Å². The van der Waals surface area contributed by atoms with E-state index in [0.717, 1.165) is 12.8 Å². The standard InChI is InChI=1S/C15H27NO2/c1-4-15(5-2)13(9-14(15)18-3)16-12-7-6-11(8-12)10-17/h6-7,11-14,16-17H,4-5,8-10H2,1-3H3/t11-,12+,13?,14?/m0/s1. The molecule has 3 nitrogen and oxygen atoms in total. The van der Waals surface area contributed by atoms with Crippen LogP contribution in [0.1, 0.15) is 39.5 Å². The van der Waals surface area contributed by atoms with Crippen LogP contribution in [0.3, 0.4) is 0 Å². The Hall–Kier alpha value is -0.380. The summed E-state index contributed by atoms with van der Waals surface area (Å²) in [6, 6.07) is 0.993. The molecule has 0 saturated heterocycles. The highest BCUT2D eigenvalue weighted by molar-refractivity contribution is 5.12. The van der Waals surface area contributed by atoms with Crippen molar-refractivity contribution >= 4 is 0 Å². The zero-order valence-electron chi connectivity index (χ0n) is 11.9. The summed E-state index contributed by atoms with van der Waals surface area (Å²) in [5.74, 6) is 0.346. The molecule has 2 N–H and O–H groups in total. The van der Waals surface area contributed by atoms with Crippen molar-refractivity contribution in [2.24, 2.45) is 11.3 Å². The lowest BCUT2D eigenvalue weighted by molar-refractivity contribution is -0.125. The maximum absolute atomic E-state index is 9.17. The minimum absolute atomic E-state index is 0.271. The predicted octanol–water partition coefficient (Wildman–Crippen LogP) is 2.11. The second-order valence-electron chi connectivity index (χ2n) is 5.79. The summed E-state index contributed by atoms with van der Waals surface area (Å²) in [4.78, 5) is 0. The van der Waals surface area contributed by atoms with Crippen molar-refractivity contribution < 1.29 is 9.84 Å². The molecule has 0 amide bonds. The van der Waals surface area contributed by atoms with Crippen molar-refractivity contribution in [3.05, 3.63) is 12.2 Å². The summed E-state index contributed by atoms with van der Waals surface area (Å²) < 4.78 is 5.62. The lowest BCUT2D eigenvalue weighted by Crippen LogP contribution is -2.64. The number of methoxy groups -OCH3 is 1. The molecule has 4 atom stereocenters. The fourth-order valence-corrected chi connectivity index (χ4v) is 3.80. The van der Waals surface area contributed by atoms with E-state index in [1.807, 2.05) is 7.11 Å². The highest BCUT2D eigenvalue weighted by atomic mass is 16.5. The van der Waals surface area contributed by atoms with Crippen LogP contribution in [0, 0.1) is 11.3 Å². The molecule has 0 aromatic carbocycles. The highest BCUT2D eigenvalue weighted by Gasteiger charge is 2.53. The third-order valence-electron chi connectivity index (χ3n) is 5.21. The van der Waals surface area contributed by atoms with E-state index in [-0.39, 0.29) is 6.61 Å². The first-order valence-corrected chi connectivity index (χ1v) is 7.28. The van der Waals surface area contributed by atoms with Gasteiger partial charge in [0.25, 0.3) is 0 Å². The van der Waals surface area contributed by atoms with Crippen LogP contribution in [-0.4, -0.2) is 37.0 Å². The van der Waals surface area contributed by atoms with E-state index in [4.69, 9.17) is 9.84 Å². The molecule has 2 aliphatic carbocycles. The van der Waals surface area contributed by atoms with Gasteiger partial charge in [-0.25, -0.2) is 0 Å². The van der Waals surface area contributed by atoms with Crippen molar-refractivity contribution in [3.8, 4) is 0 Å². The molecule has 0 aromatic heterocycles. The Morgan fingerprint density at radius 1 is 1.28 bits per heavy atom. The van der Waals surface area contributed by atoms with Gasteiger partial charge in [-0.3, -0.25) is 0 Å². The lowest BCUT2D eigenvalue weighted by atomic mass is 9.58. The Morgan fingerprint density at radius 2 is 2.00 bits per heavy atom. The van der Waals surface area contributed by atoms with Crippen LogP contribution in [0.4, 0.5) is 0 Å². The van der Waals surface area contributed by atoms with Crippen LogP contribution in [0.2, 0.25) is 0 Å². The van der Waals surface area contributed by atoms with Crippen LogP contribution in [0.25, 0.3) is 0 Å². The molecule has 104 valence electrons. The molecule has 18 heavy (non-hydrogen) atoms. The Balaban J connectivity index is 1.93. The van der Waals surface area contributed by atoms with Crippen LogP contribution < -0.4 is 5.32 Å². The van der Waals surface area contributed by atoms with Gasteiger partial charge in [-0.15, -0.1) is 0 Å². The van der Waals surface area contributed by atoms with E-state index in [1.165, 1.54) is 12.8 Å². The van der Waals surface area contributed by atoms with E-state index >= 15 is 0 Å². The molecule has 0 spiro atoms. The van der Waals surface area contributed by atoms with Gasteiger partial charge in [0, 0.05) is 37.1 Å². The summed E-state index contributed by atoms with van der Waals surface area (Å²) in [5, 5.41) is 12.9. The second-order valence-corrected chi connectivity index (χ2v) is 5.79. The summed E-state index contributed by atoms with van der Waals surface area (Å²) in [6.45, 7) is 4.81. The van der Waals surface area contributed by atoms with Crippen molar-refractivity contribution in [3.63, 3.8) is 0 Å². The summed E-state index contributed by atoms with van der Waals surface area (Å²) in [6.07, 6.45) is 9.25. The van der Waals surface area contributed by atoms with Gasteiger partial charge >= 0.3 is 0 Å². The average Bonchev–Trinajstić information content (AvgIpc) is 2.83. The van der Waals surface area contributed by atoms with Crippen molar-refractivity contribution in [2.75, 3.05) is 13.7 Å². The lowest BCUT2D eigenvalue weighted by Gasteiger charge is -2.56. The molecule has 0 aliphatic heterocycles. The van der Waals surface area contributed by atoms with Gasteiger partial charge in [0.15, 0.2) is 0 Å². The third-order valence-corrected chi connectivity index (χ3v) is 5.21. The second kappa shape index (κ2) is 5.72. The van der Waals surface area contributed by atoms with Crippen molar-refractivity contribution in [1.29, 1.82) is 0 Å². The Morgan fingerprint density at radius 3 is 2.50 bits per heavy atom. The van der Waals surface area contributed by atoms with E-state index in [1.54, 1.807) is 0 Å². The smallest absolute Gasteiger partial charge is 0.0657 e. The van der Waals surface area contributed by atoms with E-state index in [9.17, 15) is 0 Å². The van der Waals surface area contributed by atoms with Crippen LogP contribution in [0.5, 0.6) is 0 Å². The molecular formula is C15H27NO2. The number of aliphatic hydroxyl groups is 1. The molecule has 1 fully saturated rings. The van der Waals surface area contributed by atoms with Crippen LogP contribution in [0.15, 0.2) is 12.2 Å². The van der Waals surface area contributed by atoms with Gasteiger partial charge < -0.3 is 15.2 Å². The van der Waals surface area contributed by atoms with Crippen LogP contribution in [-0.2, 0) is 4.74 Å². The first kappa shape index (κ1) is 14.0. The minimum Gasteiger partial charge on any atom is -0.396 e. The first-order chi connectivity index (χ1) is 8.70. The van der Waals surface area contributed by atoms with E-state index in [0.29, 0.717) is 29.5 Å². The summed E-state index contributed by atoms with van der Waals surface area (Å²) in [5.41, 5.74) is 0.305. The maximum atomic E-state index is 9.17. The topological polar surface area (TPSA) is 41.5 Å². The molecular weight excluding hydrogens is 226 g/mol. The monoisotopic (exact) mass is 253 g/mol. The number of hydrogen-bond donors (Lipinski definition) is 2. The number of aliphatic hydroxyl groups excluding tert-OH is 1. The van der Waals surface area contributed by atoms with Crippen molar-refractivity contribution in [2.45, 2.75) is 57.7 Å². The highest BCUT2D eigenvalue weighted by Crippen LogP contribution is 2.49. The maximum Gasteiger partial charge on any atom is 0.0657 e. The fourth-order valence-electron chi connectivity index (χ4n) is 3.80. The van der Waals surface area contributed by atoms with Crippen LogP contribution >= 0.6 is 0 Å². The van der Waals surface area contributed by atoms with E-state index < -0.39 is 0 Å². The average molecular weight is 253 g/mol. The summed E-state index contributed by atoms with van der Waals surface area (Å²) >= 11 is 0. The number of rotatable bonds is 6. The minimum atomic E-state index is 0.271. The van der Waals surface area contributed by atoms with Gasteiger partial charge in [0.05, 0.1) is 6.10 Å². The number of hydrogen-bond acceptors (Lipinski definition) is 3. The molecule has 3 heteroatoms. The molecule has 0 aromatic rings. The fraction of sp³-hybridized carbons (Fsp3) is 0.867. The first-order valence-electron chi connectivity index (χ1n) is 7.28. The normalized spacial score (nSPS) is 37.8. The molecule has 2 unspecified atom stereocenters. The molecule has 2 rings (SSSR count). The Bertz CT molecular complexity index is 299. The Kier molecular flexibility index (Phi) is 4.46. The molecule has 0 bridgehead atoms. The molecule has 0 heterocycles. The SMILES string of the molecule is CCC1(CC)C(N[C@@H]2C=C[C@H](CO)C2)CC1OC. The third kappa shape index (κ3) is 2.24. The zero-order valence-corrected chi connectivity index (χ0v) is 11.9. The van der Waals surface area contributed by atoms with E-state index in [2.05, 4.69) is 31.3 Å². The largest absolute Gasteiger partial charge is 0.396 e. The molecule has 2 aliphatic rings. The number of ether oxygens (including phenoxy) is 1. The predicted molar refractivity (Wildman–Crippen MR) is 73.5 cm³/mol. The molecule has 1 saturated carbocycles. The zero-order chi connectivity index (χ0) is 13.2. The Labute approximate surface area is 111 Å². The quantitative estimate of drug-likeness (QED) is 0.712. The van der Waals surface area contributed by atoms with Gasteiger partial charge in [0.1, 0.15) is 0 Å². The van der Waals surface area contributed by atoms with Gasteiger partial charge in [0.2, 0.25) is 0 Å². The summed E-state index contributed by atoms with van der Waals surface area (Å²) in [7, 11) is 1.83. The number of nitrogens with one attached hydrogen (secondary N) is 1. The molecule has 0 radical (unpaired) electrons. The van der Waals surface area contributed by atoms with Gasteiger partial charge in [-0.05, 0) is 25.7 Å².